The molecule has 7 nitrogen and oxygen atoms in total. The van der Waals surface area contributed by atoms with Gasteiger partial charge in [-0.2, -0.15) is 4.31 Å². The van der Waals surface area contributed by atoms with Crippen LogP contribution in [0.25, 0.3) is 6.08 Å². The lowest BCUT2D eigenvalue weighted by atomic mass is 10.1. The Morgan fingerprint density at radius 3 is 2.50 bits per heavy atom. The summed E-state index contributed by atoms with van der Waals surface area (Å²) in [5, 5.41) is 2.79. The van der Waals surface area contributed by atoms with Crippen molar-refractivity contribution in [1.29, 1.82) is 0 Å². The Morgan fingerprint density at radius 1 is 1.17 bits per heavy atom. The molecule has 160 valence electrons. The van der Waals surface area contributed by atoms with Crippen LogP contribution in [0.3, 0.4) is 0 Å². The van der Waals surface area contributed by atoms with Crippen LogP contribution in [0.5, 0.6) is 5.75 Å². The van der Waals surface area contributed by atoms with E-state index in [2.05, 4.69) is 12.2 Å². The number of methoxy groups -OCH3 is 1. The van der Waals surface area contributed by atoms with E-state index in [0.29, 0.717) is 37.6 Å². The predicted molar refractivity (Wildman–Crippen MR) is 116 cm³/mol. The lowest BCUT2D eigenvalue weighted by Gasteiger charge is -2.26. The van der Waals surface area contributed by atoms with Gasteiger partial charge in [0, 0.05) is 24.9 Å². The number of ether oxygens (including phenoxy) is 2. The summed E-state index contributed by atoms with van der Waals surface area (Å²) < 4.78 is 38.0. The Hall–Kier alpha value is -2.68. The minimum absolute atomic E-state index is 0.0737. The van der Waals surface area contributed by atoms with Crippen LogP contribution in [0.2, 0.25) is 0 Å². The van der Waals surface area contributed by atoms with Crippen LogP contribution in [-0.2, 0) is 26.0 Å². The number of hydrogen-bond acceptors (Lipinski definition) is 5. The number of rotatable bonds is 7. The van der Waals surface area contributed by atoms with Gasteiger partial charge in [0.1, 0.15) is 10.6 Å². The minimum Gasteiger partial charge on any atom is -0.495 e. The van der Waals surface area contributed by atoms with Gasteiger partial charge in [-0.3, -0.25) is 4.79 Å². The maximum Gasteiger partial charge on any atom is 0.248 e. The highest BCUT2D eigenvalue weighted by atomic mass is 32.2. The van der Waals surface area contributed by atoms with Gasteiger partial charge < -0.3 is 14.8 Å². The lowest BCUT2D eigenvalue weighted by Crippen LogP contribution is -2.40. The number of carbonyl (C=O) groups excluding carboxylic acids is 1. The molecule has 0 radical (unpaired) electrons. The second-order valence-electron chi connectivity index (χ2n) is 6.80. The van der Waals surface area contributed by atoms with E-state index in [9.17, 15) is 13.2 Å². The van der Waals surface area contributed by atoms with Crippen molar-refractivity contribution in [3.8, 4) is 5.75 Å². The summed E-state index contributed by atoms with van der Waals surface area (Å²) >= 11 is 0. The molecule has 1 amide bonds. The molecule has 1 aliphatic heterocycles. The monoisotopic (exact) mass is 430 g/mol. The van der Waals surface area contributed by atoms with Crippen molar-refractivity contribution in [3.05, 3.63) is 59.7 Å². The van der Waals surface area contributed by atoms with E-state index in [-0.39, 0.29) is 16.6 Å². The van der Waals surface area contributed by atoms with Crippen molar-refractivity contribution in [1.82, 2.24) is 4.31 Å². The smallest absolute Gasteiger partial charge is 0.248 e. The molecule has 0 unspecified atom stereocenters. The van der Waals surface area contributed by atoms with Gasteiger partial charge in [-0.25, -0.2) is 8.42 Å². The van der Waals surface area contributed by atoms with Gasteiger partial charge in [-0.05, 0) is 47.9 Å². The molecular formula is C22H26N2O5S. The fraction of sp³-hybridized carbons (Fsp3) is 0.318. The van der Waals surface area contributed by atoms with Crippen molar-refractivity contribution < 1.29 is 22.7 Å². The normalized spacial score (nSPS) is 15.3. The fourth-order valence-electron chi connectivity index (χ4n) is 3.10. The van der Waals surface area contributed by atoms with Crippen molar-refractivity contribution >= 4 is 27.7 Å². The average molecular weight is 431 g/mol. The van der Waals surface area contributed by atoms with E-state index in [1.165, 1.54) is 29.1 Å². The molecule has 1 heterocycles. The highest BCUT2D eigenvalue weighted by Gasteiger charge is 2.29. The summed E-state index contributed by atoms with van der Waals surface area (Å²) in [4.78, 5) is 12.3. The van der Waals surface area contributed by atoms with Crippen molar-refractivity contribution in [2.45, 2.75) is 18.2 Å². The Balaban J connectivity index is 1.77. The molecule has 1 aliphatic rings. The van der Waals surface area contributed by atoms with E-state index in [4.69, 9.17) is 9.47 Å². The maximum absolute atomic E-state index is 13.0. The van der Waals surface area contributed by atoms with Gasteiger partial charge in [-0.1, -0.05) is 25.1 Å². The summed E-state index contributed by atoms with van der Waals surface area (Å²) in [6.07, 6.45) is 3.88. The van der Waals surface area contributed by atoms with Crippen LogP contribution >= 0.6 is 0 Å². The first-order chi connectivity index (χ1) is 14.4. The number of amides is 1. The van der Waals surface area contributed by atoms with Crippen LogP contribution in [0.15, 0.2) is 53.4 Å². The molecule has 2 aromatic rings. The summed E-state index contributed by atoms with van der Waals surface area (Å²) in [5.41, 5.74) is 2.47. The van der Waals surface area contributed by atoms with E-state index < -0.39 is 10.0 Å². The van der Waals surface area contributed by atoms with E-state index in [1.807, 2.05) is 24.3 Å². The van der Waals surface area contributed by atoms with Gasteiger partial charge in [0.25, 0.3) is 0 Å². The van der Waals surface area contributed by atoms with Gasteiger partial charge in [0.2, 0.25) is 15.9 Å². The average Bonchev–Trinajstić information content (AvgIpc) is 2.78. The SMILES string of the molecule is CCc1ccc(NC(=O)/C=C/c2ccc(OC)c(S(=O)(=O)N3CCOCC3)c2)cc1. The Morgan fingerprint density at radius 2 is 1.87 bits per heavy atom. The van der Waals surface area contributed by atoms with Crippen LogP contribution in [-0.4, -0.2) is 52.0 Å². The third-order valence-corrected chi connectivity index (χ3v) is 6.75. The highest BCUT2D eigenvalue weighted by Crippen LogP contribution is 2.28. The van der Waals surface area contributed by atoms with Crippen LogP contribution in [0, 0.1) is 0 Å². The van der Waals surface area contributed by atoms with Crippen molar-refractivity contribution in [2.24, 2.45) is 0 Å². The zero-order valence-corrected chi connectivity index (χ0v) is 17.9. The van der Waals surface area contributed by atoms with Gasteiger partial charge >= 0.3 is 0 Å². The molecule has 0 aliphatic carbocycles. The summed E-state index contributed by atoms with van der Waals surface area (Å²) in [6.45, 7) is 3.38. The zero-order chi connectivity index (χ0) is 21.6. The van der Waals surface area contributed by atoms with Crippen molar-refractivity contribution in [3.63, 3.8) is 0 Å². The number of hydrogen-bond donors (Lipinski definition) is 1. The predicted octanol–water partition coefficient (Wildman–Crippen LogP) is 2.93. The summed E-state index contributed by atoms with van der Waals surface area (Å²) in [5.74, 6) is -0.0354. The molecule has 8 heteroatoms. The number of nitrogens with one attached hydrogen (secondary N) is 1. The maximum atomic E-state index is 13.0. The first-order valence-electron chi connectivity index (χ1n) is 9.78. The van der Waals surface area contributed by atoms with E-state index in [0.717, 1.165) is 6.42 Å². The molecule has 0 saturated carbocycles. The first kappa shape index (κ1) is 22.0. The molecule has 0 aromatic heterocycles. The van der Waals surface area contributed by atoms with Gasteiger partial charge in [0.15, 0.2) is 0 Å². The zero-order valence-electron chi connectivity index (χ0n) is 17.1. The van der Waals surface area contributed by atoms with Crippen molar-refractivity contribution in [2.75, 3.05) is 38.7 Å². The number of sulfonamides is 1. The second kappa shape index (κ2) is 9.88. The largest absolute Gasteiger partial charge is 0.495 e. The quantitative estimate of drug-likeness (QED) is 0.683. The Labute approximate surface area is 177 Å². The molecule has 0 atom stereocenters. The third kappa shape index (κ3) is 5.27. The van der Waals surface area contributed by atoms with Crippen LogP contribution in [0.4, 0.5) is 5.69 Å². The third-order valence-electron chi connectivity index (χ3n) is 4.83. The lowest BCUT2D eigenvalue weighted by molar-refractivity contribution is -0.111. The summed E-state index contributed by atoms with van der Waals surface area (Å²) in [6, 6.07) is 12.4. The second-order valence-corrected chi connectivity index (χ2v) is 8.71. The molecular weight excluding hydrogens is 404 g/mol. The van der Waals surface area contributed by atoms with Gasteiger partial charge in [0.05, 0.1) is 20.3 Å². The fourth-order valence-corrected chi connectivity index (χ4v) is 4.70. The number of benzene rings is 2. The van der Waals surface area contributed by atoms with Crippen LogP contribution < -0.4 is 10.1 Å². The molecule has 1 N–H and O–H groups in total. The number of aryl methyl sites for hydroxylation is 1. The molecule has 3 rings (SSSR count). The standard InChI is InChI=1S/C22H26N2O5S/c1-3-17-4-8-19(9-5-17)23-22(25)11-7-18-6-10-20(28-2)21(16-18)30(26,27)24-12-14-29-15-13-24/h4-11,16H,3,12-15H2,1-2H3,(H,23,25)/b11-7+. The van der Waals surface area contributed by atoms with E-state index >= 15 is 0 Å². The highest BCUT2D eigenvalue weighted by molar-refractivity contribution is 7.89. The molecule has 0 bridgehead atoms. The Kier molecular flexibility index (Phi) is 7.25. The Bertz CT molecular complexity index is 1010. The number of carbonyl (C=O) groups is 1. The first-order valence-corrected chi connectivity index (χ1v) is 11.2. The number of nitrogens with zero attached hydrogens (tertiary/aromatic N) is 1. The molecule has 1 fully saturated rings. The molecule has 30 heavy (non-hydrogen) atoms. The van der Waals surface area contributed by atoms with E-state index in [1.54, 1.807) is 18.2 Å². The summed E-state index contributed by atoms with van der Waals surface area (Å²) in [7, 11) is -2.30. The molecule has 1 saturated heterocycles. The van der Waals surface area contributed by atoms with Gasteiger partial charge in [-0.15, -0.1) is 0 Å². The minimum atomic E-state index is -3.73. The number of morpholine rings is 1. The topological polar surface area (TPSA) is 84.9 Å². The molecule has 2 aromatic carbocycles. The van der Waals surface area contributed by atoms with Crippen LogP contribution in [0.1, 0.15) is 18.1 Å². The number of anilines is 1. The molecule has 0 spiro atoms.